The molecule has 2 heterocycles. The molecule has 3 atom stereocenters. The van der Waals surface area contributed by atoms with E-state index in [9.17, 15) is 27.6 Å². The Morgan fingerprint density at radius 2 is 1.97 bits per heavy atom. The van der Waals surface area contributed by atoms with Crippen molar-refractivity contribution in [2.45, 2.75) is 75.6 Å². The molecule has 1 amide bonds. The Labute approximate surface area is 194 Å². The topological polar surface area (TPSA) is 103 Å². The largest absolute Gasteiger partial charge is 0.447 e. The Balaban J connectivity index is 1.71. The number of aromatic amines is 1. The predicted molar refractivity (Wildman–Crippen MR) is 114 cm³/mol. The average molecular weight is 487 g/mol. The Kier molecular flexibility index (Phi) is 8.43. The highest BCUT2D eigenvalue weighted by molar-refractivity contribution is 5.67. The molecule has 34 heavy (non-hydrogen) atoms. The first kappa shape index (κ1) is 25.8. The van der Waals surface area contributed by atoms with Gasteiger partial charge in [0, 0.05) is 25.7 Å². The molecule has 1 N–H and O–H groups in total. The maximum atomic E-state index is 13.1. The Bertz CT molecular complexity index is 1010. The highest BCUT2D eigenvalue weighted by atomic mass is 19.4. The lowest BCUT2D eigenvalue weighted by Gasteiger charge is -2.27. The molecule has 12 heteroatoms. The molecule has 1 aliphatic heterocycles. The lowest BCUT2D eigenvalue weighted by molar-refractivity contribution is -0.139. The molecule has 2 aliphatic rings. The third-order valence-corrected chi connectivity index (χ3v) is 6.18. The third-order valence-electron chi connectivity index (χ3n) is 6.18. The van der Waals surface area contributed by atoms with Crippen LogP contribution in [0.5, 0.6) is 0 Å². The molecule has 2 fully saturated rings. The lowest BCUT2D eigenvalue weighted by atomic mass is 10.1. The minimum Gasteiger partial charge on any atom is -0.447 e. The number of alkyl halides is 3. The number of ether oxygens (including phenoxy) is 3. The summed E-state index contributed by atoms with van der Waals surface area (Å²) in [6.07, 6.45) is 3.40. The first-order chi connectivity index (χ1) is 16.1. The van der Waals surface area contributed by atoms with Crippen LogP contribution in [0.15, 0.2) is 15.8 Å². The summed E-state index contributed by atoms with van der Waals surface area (Å²) in [5.41, 5.74) is -4.14. The van der Waals surface area contributed by atoms with Gasteiger partial charge in [-0.15, -0.1) is 6.42 Å². The van der Waals surface area contributed by atoms with Gasteiger partial charge in [-0.05, 0) is 12.8 Å². The second-order valence-corrected chi connectivity index (χ2v) is 8.46. The van der Waals surface area contributed by atoms with Gasteiger partial charge in [-0.3, -0.25) is 14.3 Å². The van der Waals surface area contributed by atoms with Crippen molar-refractivity contribution < 1.29 is 32.2 Å². The molecule has 0 spiro atoms. The van der Waals surface area contributed by atoms with Crippen molar-refractivity contribution in [3.63, 3.8) is 0 Å². The number of rotatable bonds is 6. The number of hydrogen-bond donors (Lipinski definition) is 1. The number of H-pyrrole nitrogens is 1. The summed E-state index contributed by atoms with van der Waals surface area (Å²) >= 11 is 0. The summed E-state index contributed by atoms with van der Waals surface area (Å²) in [5, 5.41) is 0. The van der Waals surface area contributed by atoms with Gasteiger partial charge >= 0.3 is 18.0 Å². The zero-order chi connectivity index (χ0) is 24.9. The number of carbonyl (C=O) groups is 1. The molecule has 9 nitrogen and oxygen atoms in total. The van der Waals surface area contributed by atoms with Gasteiger partial charge in [0.05, 0.1) is 6.10 Å². The predicted octanol–water partition coefficient (Wildman–Crippen LogP) is 2.65. The molecule has 1 saturated carbocycles. The van der Waals surface area contributed by atoms with Gasteiger partial charge in [0.15, 0.2) is 0 Å². The highest BCUT2D eigenvalue weighted by Crippen LogP contribution is 2.32. The van der Waals surface area contributed by atoms with E-state index >= 15 is 0 Å². The van der Waals surface area contributed by atoms with Gasteiger partial charge in [-0.25, -0.2) is 9.59 Å². The number of nitrogens with zero attached hydrogens (tertiary/aromatic N) is 2. The second-order valence-electron chi connectivity index (χ2n) is 8.46. The van der Waals surface area contributed by atoms with E-state index in [1.165, 1.54) is 0 Å². The SMILES string of the molecule is C#CCO[C@H]1C[C@H](n2cc(C(F)(F)F)c(=O)[nH]c2=O)O[C@@H]1COC(=O)N(C)C1CCCCCC1. The van der Waals surface area contributed by atoms with Crippen LogP contribution in [-0.2, 0) is 20.4 Å². The summed E-state index contributed by atoms with van der Waals surface area (Å²) < 4.78 is 56.7. The molecule has 1 saturated heterocycles. The molecule has 0 unspecified atom stereocenters. The zero-order valence-corrected chi connectivity index (χ0v) is 18.8. The smallest absolute Gasteiger partial charge is 0.423 e. The van der Waals surface area contributed by atoms with E-state index < -0.39 is 47.5 Å². The van der Waals surface area contributed by atoms with Gasteiger partial charge in [0.2, 0.25) is 0 Å². The van der Waals surface area contributed by atoms with Crippen LogP contribution in [0.1, 0.15) is 56.7 Å². The second kappa shape index (κ2) is 11.1. The molecule has 0 bridgehead atoms. The fourth-order valence-electron chi connectivity index (χ4n) is 4.30. The average Bonchev–Trinajstić information content (AvgIpc) is 2.98. The van der Waals surface area contributed by atoms with Crippen LogP contribution in [0.3, 0.4) is 0 Å². The Morgan fingerprint density at radius 3 is 2.59 bits per heavy atom. The molecule has 0 aromatic carbocycles. The van der Waals surface area contributed by atoms with Crippen molar-refractivity contribution in [3.05, 3.63) is 32.6 Å². The first-order valence-corrected chi connectivity index (χ1v) is 11.1. The Hall–Kier alpha value is -2.78. The van der Waals surface area contributed by atoms with Crippen molar-refractivity contribution in [3.8, 4) is 12.3 Å². The van der Waals surface area contributed by atoms with E-state index in [4.69, 9.17) is 20.6 Å². The lowest BCUT2D eigenvalue weighted by Crippen LogP contribution is -2.39. The molecular weight excluding hydrogens is 459 g/mol. The molecular formula is C22H28F3N3O6. The van der Waals surface area contributed by atoms with E-state index in [-0.39, 0.29) is 25.7 Å². The molecule has 1 aromatic rings. The zero-order valence-electron chi connectivity index (χ0n) is 18.8. The first-order valence-electron chi connectivity index (χ1n) is 11.1. The van der Waals surface area contributed by atoms with Crippen LogP contribution in [0.4, 0.5) is 18.0 Å². The van der Waals surface area contributed by atoms with Gasteiger partial charge in [0.25, 0.3) is 5.56 Å². The van der Waals surface area contributed by atoms with E-state index in [0.29, 0.717) is 10.8 Å². The fraction of sp³-hybridized carbons (Fsp3) is 0.682. The monoisotopic (exact) mass is 487 g/mol. The molecule has 1 aliphatic carbocycles. The highest BCUT2D eigenvalue weighted by Gasteiger charge is 2.41. The maximum Gasteiger partial charge on any atom is 0.423 e. The number of carbonyl (C=O) groups excluding carboxylic acids is 1. The van der Waals surface area contributed by atoms with Crippen LogP contribution in [-0.4, -0.2) is 59.1 Å². The van der Waals surface area contributed by atoms with E-state index in [1.54, 1.807) is 16.9 Å². The molecule has 188 valence electrons. The van der Waals surface area contributed by atoms with E-state index in [2.05, 4.69) is 5.92 Å². The standard InChI is InChI=1S/C22H28F3N3O6/c1-3-10-32-16-11-18(28-12-15(22(23,24)25)19(29)26-20(28)30)34-17(16)13-33-21(31)27(2)14-8-6-4-5-7-9-14/h1,12,14,16-18H,4-11,13H2,2H3,(H,26,29,30)/t16-,17+,18+/m0/s1. The van der Waals surface area contributed by atoms with Crippen molar-refractivity contribution in [2.75, 3.05) is 20.3 Å². The minimum atomic E-state index is -4.96. The van der Waals surface area contributed by atoms with Gasteiger partial charge in [0.1, 0.15) is 31.1 Å². The number of aromatic nitrogens is 2. The van der Waals surface area contributed by atoms with Gasteiger partial charge in [-0.2, -0.15) is 13.2 Å². The number of halogens is 3. The van der Waals surface area contributed by atoms with Crippen LogP contribution in [0, 0.1) is 12.3 Å². The number of terminal acetylenes is 1. The Morgan fingerprint density at radius 1 is 1.29 bits per heavy atom. The summed E-state index contributed by atoms with van der Waals surface area (Å²) in [4.78, 5) is 39.6. The summed E-state index contributed by atoms with van der Waals surface area (Å²) in [6, 6.07) is 0.0706. The maximum absolute atomic E-state index is 13.1. The van der Waals surface area contributed by atoms with Crippen molar-refractivity contribution in [1.29, 1.82) is 0 Å². The summed E-state index contributed by atoms with van der Waals surface area (Å²) in [6.45, 7) is -0.354. The van der Waals surface area contributed by atoms with Crippen LogP contribution in [0.2, 0.25) is 0 Å². The number of nitrogens with one attached hydrogen (secondary N) is 1. The molecule has 1 aromatic heterocycles. The third kappa shape index (κ3) is 6.21. The normalized spacial score (nSPS) is 23.8. The van der Waals surface area contributed by atoms with Crippen LogP contribution >= 0.6 is 0 Å². The fourth-order valence-corrected chi connectivity index (χ4v) is 4.30. The van der Waals surface area contributed by atoms with E-state index in [1.807, 2.05) is 0 Å². The van der Waals surface area contributed by atoms with E-state index in [0.717, 1.165) is 38.5 Å². The van der Waals surface area contributed by atoms with Crippen molar-refractivity contribution >= 4 is 6.09 Å². The van der Waals surface area contributed by atoms with Gasteiger partial charge < -0.3 is 19.1 Å². The summed E-state index contributed by atoms with van der Waals surface area (Å²) in [7, 11) is 1.67. The van der Waals surface area contributed by atoms with Crippen LogP contribution in [0.25, 0.3) is 0 Å². The van der Waals surface area contributed by atoms with Crippen molar-refractivity contribution in [1.82, 2.24) is 14.5 Å². The van der Waals surface area contributed by atoms with Crippen molar-refractivity contribution in [2.24, 2.45) is 0 Å². The summed E-state index contributed by atoms with van der Waals surface area (Å²) in [5.74, 6) is 2.29. The quantitative estimate of drug-likeness (QED) is 0.489. The molecule has 3 rings (SSSR count). The number of hydrogen-bond acceptors (Lipinski definition) is 6. The molecule has 0 radical (unpaired) electrons. The number of amides is 1. The van der Waals surface area contributed by atoms with Crippen LogP contribution < -0.4 is 11.2 Å². The minimum absolute atomic E-state index is 0.0361. The van der Waals surface area contributed by atoms with Gasteiger partial charge in [-0.1, -0.05) is 31.6 Å².